The molecule has 1 saturated heterocycles. The Morgan fingerprint density at radius 2 is 2.15 bits per heavy atom. The second-order valence-corrected chi connectivity index (χ2v) is 5.77. The molecule has 1 aromatic rings. The molecule has 1 fully saturated rings. The number of nitrogens with zero attached hydrogens (tertiary/aromatic N) is 1. The minimum Gasteiger partial charge on any atom is -0.396 e. The first-order valence-electron chi connectivity index (χ1n) is 7.01. The molecule has 4 nitrogen and oxygen atoms in total. The molecule has 1 amide bonds. The highest BCUT2D eigenvalue weighted by molar-refractivity contribution is 6.30. The van der Waals surface area contributed by atoms with Crippen LogP contribution >= 0.6 is 11.6 Å². The number of rotatable bonds is 5. The fraction of sp³-hybridized carbons (Fsp3) is 0.533. The average molecular weight is 297 g/mol. The highest BCUT2D eigenvalue weighted by atomic mass is 35.5. The standard InChI is InChI=1S/C15H21ClN2O2/c16-14-5-3-12(4-6-14)8-17-15(20)10-18-7-1-2-13(9-18)11-19/h3-6,13,19H,1-2,7-11H2,(H,17,20). The predicted molar refractivity (Wildman–Crippen MR) is 79.5 cm³/mol. The summed E-state index contributed by atoms with van der Waals surface area (Å²) in [5.74, 6) is 0.339. The van der Waals surface area contributed by atoms with Crippen molar-refractivity contribution in [3.8, 4) is 0 Å². The Balaban J connectivity index is 1.73. The van der Waals surface area contributed by atoms with Crippen LogP contribution in [0.15, 0.2) is 24.3 Å². The second kappa shape index (κ2) is 7.62. The third-order valence-electron chi connectivity index (χ3n) is 3.63. The second-order valence-electron chi connectivity index (χ2n) is 5.33. The van der Waals surface area contributed by atoms with Gasteiger partial charge >= 0.3 is 0 Å². The van der Waals surface area contributed by atoms with Crippen LogP contribution in [0, 0.1) is 5.92 Å². The highest BCUT2D eigenvalue weighted by Gasteiger charge is 2.20. The van der Waals surface area contributed by atoms with Crippen LogP contribution in [0.1, 0.15) is 18.4 Å². The van der Waals surface area contributed by atoms with Gasteiger partial charge in [0.25, 0.3) is 0 Å². The number of aliphatic hydroxyl groups is 1. The minimum absolute atomic E-state index is 0.0264. The zero-order valence-corrected chi connectivity index (χ0v) is 12.3. The zero-order valence-electron chi connectivity index (χ0n) is 11.5. The average Bonchev–Trinajstić information content (AvgIpc) is 2.47. The maximum atomic E-state index is 11.9. The molecule has 0 spiro atoms. The van der Waals surface area contributed by atoms with E-state index < -0.39 is 0 Å². The summed E-state index contributed by atoms with van der Waals surface area (Å²) in [6.45, 7) is 2.88. The van der Waals surface area contributed by atoms with Crippen molar-refractivity contribution in [3.63, 3.8) is 0 Å². The molecule has 1 aromatic carbocycles. The van der Waals surface area contributed by atoms with E-state index in [0.717, 1.165) is 31.5 Å². The Hall–Kier alpha value is -1.10. The molecule has 5 heteroatoms. The van der Waals surface area contributed by atoms with Crippen LogP contribution in [0.4, 0.5) is 0 Å². The number of piperidine rings is 1. The number of amides is 1. The smallest absolute Gasteiger partial charge is 0.234 e. The topological polar surface area (TPSA) is 52.6 Å². The van der Waals surface area contributed by atoms with Crippen LogP contribution in [0.25, 0.3) is 0 Å². The highest BCUT2D eigenvalue weighted by Crippen LogP contribution is 2.15. The summed E-state index contributed by atoms with van der Waals surface area (Å²) >= 11 is 5.82. The van der Waals surface area contributed by atoms with Gasteiger partial charge in [-0.25, -0.2) is 0 Å². The number of hydrogen-bond acceptors (Lipinski definition) is 3. The van der Waals surface area contributed by atoms with Gasteiger partial charge < -0.3 is 10.4 Å². The molecule has 20 heavy (non-hydrogen) atoms. The number of likely N-dealkylation sites (tertiary alicyclic amines) is 1. The van der Waals surface area contributed by atoms with Crippen LogP contribution in [0.2, 0.25) is 5.02 Å². The van der Waals surface area contributed by atoms with Gasteiger partial charge in [0.05, 0.1) is 6.54 Å². The van der Waals surface area contributed by atoms with Crippen LogP contribution in [0.3, 0.4) is 0 Å². The molecular formula is C15H21ClN2O2. The van der Waals surface area contributed by atoms with Crippen LogP contribution in [-0.4, -0.2) is 42.2 Å². The van der Waals surface area contributed by atoms with E-state index in [1.54, 1.807) is 0 Å². The lowest BCUT2D eigenvalue weighted by atomic mass is 9.99. The van der Waals surface area contributed by atoms with Crippen molar-refractivity contribution in [1.29, 1.82) is 0 Å². The molecule has 1 aliphatic heterocycles. The first-order valence-corrected chi connectivity index (χ1v) is 7.39. The van der Waals surface area contributed by atoms with E-state index in [1.807, 2.05) is 24.3 Å². The summed E-state index contributed by atoms with van der Waals surface area (Å²) in [7, 11) is 0. The van der Waals surface area contributed by atoms with Crippen LogP contribution in [-0.2, 0) is 11.3 Å². The van der Waals surface area contributed by atoms with Crippen LogP contribution in [0.5, 0.6) is 0 Å². The normalized spacial score (nSPS) is 19.8. The van der Waals surface area contributed by atoms with Gasteiger partial charge in [0, 0.05) is 24.7 Å². The third kappa shape index (κ3) is 4.78. The summed E-state index contributed by atoms with van der Waals surface area (Å²) < 4.78 is 0. The third-order valence-corrected chi connectivity index (χ3v) is 3.88. The lowest BCUT2D eigenvalue weighted by molar-refractivity contribution is -0.122. The van der Waals surface area contributed by atoms with E-state index >= 15 is 0 Å². The molecule has 0 bridgehead atoms. The summed E-state index contributed by atoms with van der Waals surface area (Å²) in [5, 5.41) is 12.8. The number of hydrogen-bond donors (Lipinski definition) is 2. The number of benzene rings is 1. The number of aliphatic hydroxyl groups excluding tert-OH is 1. The van der Waals surface area contributed by atoms with Gasteiger partial charge in [0.1, 0.15) is 0 Å². The maximum absolute atomic E-state index is 11.9. The van der Waals surface area contributed by atoms with E-state index in [9.17, 15) is 9.90 Å². The molecule has 1 atom stereocenters. The Bertz CT molecular complexity index is 436. The van der Waals surface area contributed by atoms with Gasteiger partial charge in [0.15, 0.2) is 0 Å². The number of carbonyl (C=O) groups excluding carboxylic acids is 1. The Kier molecular flexibility index (Phi) is 5.83. The van der Waals surface area contributed by atoms with Gasteiger partial charge in [-0.2, -0.15) is 0 Å². The molecule has 0 aliphatic carbocycles. The van der Waals surface area contributed by atoms with Crippen molar-refractivity contribution in [3.05, 3.63) is 34.9 Å². The van der Waals surface area contributed by atoms with Gasteiger partial charge in [-0.1, -0.05) is 23.7 Å². The summed E-state index contributed by atoms with van der Waals surface area (Å²) in [4.78, 5) is 14.0. The number of halogens is 1. The molecule has 2 rings (SSSR count). The molecule has 0 saturated carbocycles. The number of nitrogens with one attached hydrogen (secondary N) is 1. The molecular weight excluding hydrogens is 276 g/mol. The molecule has 1 unspecified atom stereocenters. The Morgan fingerprint density at radius 1 is 1.40 bits per heavy atom. The first kappa shape index (κ1) is 15.3. The predicted octanol–water partition coefficient (Wildman–Crippen LogP) is 1.66. The van der Waals surface area contributed by atoms with Crippen molar-refractivity contribution < 1.29 is 9.90 Å². The quantitative estimate of drug-likeness (QED) is 0.869. The van der Waals surface area contributed by atoms with E-state index in [4.69, 9.17) is 11.6 Å². The van der Waals surface area contributed by atoms with Gasteiger partial charge in [-0.05, 0) is 43.0 Å². The van der Waals surface area contributed by atoms with E-state index in [-0.39, 0.29) is 12.5 Å². The first-order chi connectivity index (χ1) is 9.67. The largest absolute Gasteiger partial charge is 0.396 e. The summed E-state index contributed by atoms with van der Waals surface area (Å²) in [6, 6.07) is 7.45. The SMILES string of the molecule is O=C(CN1CCCC(CO)C1)NCc1ccc(Cl)cc1. The summed E-state index contributed by atoms with van der Waals surface area (Å²) in [6.07, 6.45) is 2.11. The van der Waals surface area contributed by atoms with Crippen molar-refractivity contribution in [1.82, 2.24) is 10.2 Å². The van der Waals surface area contributed by atoms with E-state index in [1.165, 1.54) is 0 Å². The number of carbonyl (C=O) groups is 1. The fourth-order valence-corrected chi connectivity index (χ4v) is 2.63. The van der Waals surface area contributed by atoms with Crippen LogP contribution < -0.4 is 5.32 Å². The lowest BCUT2D eigenvalue weighted by Crippen LogP contribution is -2.43. The molecule has 1 aliphatic rings. The Morgan fingerprint density at radius 3 is 2.85 bits per heavy atom. The minimum atomic E-state index is 0.0264. The van der Waals surface area contributed by atoms with Gasteiger partial charge in [0.2, 0.25) is 5.91 Å². The molecule has 110 valence electrons. The van der Waals surface area contributed by atoms with Gasteiger partial charge in [-0.3, -0.25) is 9.69 Å². The molecule has 0 radical (unpaired) electrons. The van der Waals surface area contributed by atoms with E-state index in [0.29, 0.717) is 24.0 Å². The molecule has 0 aromatic heterocycles. The van der Waals surface area contributed by atoms with Crippen molar-refractivity contribution in [2.45, 2.75) is 19.4 Å². The van der Waals surface area contributed by atoms with E-state index in [2.05, 4.69) is 10.2 Å². The van der Waals surface area contributed by atoms with Crippen molar-refractivity contribution in [2.75, 3.05) is 26.2 Å². The fourth-order valence-electron chi connectivity index (χ4n) is 2.51. The molecule has 2 N–H and O–H groups in total. The monoisotopic (exact) mass is 296 g/mol. The Labute approximate surface area is 124 Å². The van der Waals surface area contributed by atoms with Crippen molar-refractivity contribution >= 4 is 17.5 Å². The maximum Gasteiger partial charge on any atom is 0.234 e. The van der Waals surface area contributed by atoms with Gasteiger partial charge in [-0.15, -0.1) is 0 Å². The lowest BCUT2D eigenvalue weighted by Gasteiger charge is -2.31. The molecule has 1 heterocycles. The van der Waals surface area contributed by atoms with Crippen molar-refractivity contribution in [2.24, 2.45) is 5.92 Å². The summed E-state index contributed by atoms with van der Waals surface area (Å²) in [5.41, 5.74) is 1.04. The zero-order chi connectivity index (χ0) is 14.4.